The van der Waals surface area contributed by atoms with E-state index in [2.05, 4.69) is 135 Å². The molecule has 0 unspecified atom stereocenters. The van der Waals surface area contributed by atoms with Crippen molar-refractivity contribution in [1.29, 1.82) is 0 Å². The van der Waals surface area contributed by atoms with Crippen molar-refractivity contribution in [2.45, 2.75) is 27.7 Å². The van der Waals surface area contributed by atoms with Gasteiger partial charge < -0.3 is 9.80 Å². The van der Waals surface area contributed by atoms with Gasteiger partial charge in [-0.15, -0.1) is 0 Å². The largest absolute Gasteiger partial charge is 0.372 e. The summed E-state index contributed by atoms with van der Waals surface area (Å²) in [5.74, 6) is 0. The molecule has 3 heteroatoms. The van der Waals surface area contributed by atoms with Crippen LogP contribution in [0.2, 0.25) is 0 Å². The molecule has 0 saturated heterocycles. The van der Waals surface area contributed by atoms with Crippen LogP contribution in [0.1, 0.15) is 49.9 Å². The summed E-state index contributed by atoms with van der Waals surface area (Å²) in [5.41, 5.74) is 11.7. The van der Waals surface area contributed by atoms with Crippen LogP contribution >= 0.6 is 0 Å². The van der Waals surface area contributed by atoms with Crippen LogP contribution in [0.5, 0.6) is 0 Å². The second-order valence-corrected chi connectivity index (χ2v) is 9.94. The first kappa shape index (κ1) is 27.2. The molecule has 0 N–H and O–H groups in total. The summed E-state index contributed by atoms with van der Waals surface area (Å²) in [4.78, 5) is 9.77. The zero-order valence-corrected chi connectivity index (χ0v) is 24.1. The Morgan fingerprint density at radius 3 is 1.50 bits per heavy atom. The highest BCUT2D eigenvalue weighted by Crippen LogP contribution is 2.38. The van der Waals surface area contributed by atoms with Crippen LogP contribution in [-0.2, 0) is 0 Å². The molecule has 0 amide bonds. The minimum Gasteiger partial charge on any atom is -0.372 e. The van der Waals surface area contributed by atoms with E-state index >= 15 is 0 Å². The number of aliphatic imine (C=N–C) groups is 1. The van der Waals surface area contributed by atoms with E-state index in [9.17, 15) is 0 Å². The van der Waals surface area contributed by atoms with Gasteiger partial charge in [0.1, 0.15) is 0 Å². The normalized spacial score (nSPS) is 13.3. The van der Waals surface area contributed by atoms with Crippen molar-refractivity contribution in [2.75, 3.05) is 36.0 Å². The standard InChI is InChI=1S/C37H39N3/c1-5-39(6-2)31-22-18-28(19-23-31)37(29-20-24-32(25-21-29)40(7-3)8-4)35-26-27-36(34-17-13-12-16-33(34)35)38-30-14-10-9-11-15-30/h9-27H,5-8H2,1-4H3. The number of anilines is 2. The number of rotatable bonds is 9. The van der Waals surface area contributed by atoms with E-state index in [0.29, 0.717) is 0 Å². The Kier molecular flexibility index (Phi) is 8.61. The predicted octanol–water partition coefficient (Wildman–Crippen LogP) is 9.03. The van der Waals surface area contributed by atoms with Gasteiger partial charge in [-0.05, 0) is 98.0 Å². The van der Waals surface area contributed by atoms with Gasteiger partial charge in [-0.2, -0.15) is 0 Å². The molecule has 0 aromatic heterocycles. The molecule has 4 aromatic carbocycles. The quantitative estimate of drug-likeness (QED) is 0.217. The van der Waals surface area contributed by atoms with Gasteiger partial charge >= 0.3 is 0 Å². The molecule has 0 spiro atoms. The summed E-state index contributed by atoms with van der Waals surface area (Å²) >= 11 is 0. The van der Waals surface area contributed by atoms with Crippen LogP contribution < -0.4 is 9.80 Å². The van der Waals surface area contributed by atoms with Crippen LogP contribution in [0.25, 0.3) is 11.1 Å². The number of allylic oxidation sites excluding steroid dienone is 3. The Morgan fingerprint density at radius 1 is 0.525 bits per heavy atom. The van der Waals surface area contributed by atoms with Crippen molar-refractivity contribution in [3.8, 4) is 0 Å². The van der Waals surface area contributed by atoms with Crippen molar-refractivity contribution in [3.05, 3.63) is 138 Å². The fourth-order valence-electron chi connectivity index (χ4n) is 5.57. The molecular weight excluding hydrogens is 486 g/mol. The van der Waals surface area contributed by atoms with Crippen molar-refractivity contribution in [2.24, 2.45) is 4.99 Å². The van der Waals surface area contributed by atoms with Crippen molar-refractivity contribution in [1.82, 2.24) is 0 Å². The monoisotopic (exact) mass is 525 g/mol. The maximum absolute atomic E-state index is 4.99. The smallest absolute Gasteiger partial charge is 0.0715 e. The molecule has 0 atom stereocenters. The number of fused-ring (bicyclic) bond motifs is 1. The van der Waals surface area contributed by atoms with Crippen LogP contribution in [0.3, 0.4) is 0 Å². The maximum atomic E-state index is 4.99. The first-order chi connectivity index (χ1) is 19.7. The number of para-hydroxylation sites is 1. The molecular formula is C37H39N3. The van der Waals surface area contributed by atoms with E-state index in [-0.39, 0.29) is 0 Å². The first-order valence-corrected chi connectivity index (χ1v) is 14.5. The van der Waals surface area contributed by atoms with Crippen LogP contribution in [0.4, 0.5) is 17.1 Å². The molecule has 202 valence electrons. The lowest BCUT2D eigenvalue weighted by Crippen LogP contribution is -2.21. The summed E-state index contributed by atoms with van der Waals surface area (Å²) in [7, 11) is 0. The average molecular weight is 526 g/mol. The Balaban J connectivity index is 1.68. The number of hydrogen-bond donors (Lipinski definition) is 0. The van der Waals surface area contributed by atoms with E-state index < -0.39 is 0 Å². The lowest BCUT2D eigenvalue weighted by atomic mass is 9.83. The summed E-state index contributed by atoms with van der Waals surface area (Å²) in [6, 6.07) is 37.0. The topological polar surface area (TPSA) is 18.8 Å². The number of nitrogens with zero attached hydrogens (tertiary/aromatic N) is 3. The van der Waals surface area contributed by atoms with Gasteiger partial charge in [0.2, 0.25) is 0 Å². The van der Waals surface area contributed by atoms with Crippen molar-refractivity contribution < 1.29 is 0 Å². The molecule has 0 heterocycles. The number of benzene rings is 4. The predicted molar refractivity (Wildman–Crippen MR) is 174 cm³/mol. The SMILES string of the molecule is CCN(CC)c1ccc(C(=C2C=CC(=Nc3ccccc3)c3ccccc32)c2ccc(N(CC)CC)cc2)cc1. The molecule has 3 nitrogen and oxygen atoms in total. The molecule has 1 aliphatic rings. The zero-order valence-electron chi connectivity index (χ0n) is 24.1. The molecule has 40 heavy (non-hydrogen) atoms. The van der Waals surface area contributed by atoms with E-state index in [1.807, 2.05) is 18.2 Å². The molecule has 1 aliphatic carbocycles. The highest BCUT2D eigenvalue weighted by molar-refractivity contribution is 6.19. The average Bonchev–Trinajstić information content (AvgIpc) is 3.01. The van der Waals surface area contributed by atoms with Gasteiger partial charge in [0.15, 0.2) is 0 Å². The molecule has 5 rings (SSSR count). The third-order valence-corrected chi connectivity index (χ3v) is 7.75. The fourth-order valence-corrected chi connectivity index (χ4v) is 5.57. The minimum absolute atomic E-state index is 0.962. The summed E-state index contributed by atoms with van der Waals surface area (Å²) in [6.07, 6.45) is 4.41. The molecule has 4 aromatic rings. The summed E-state index contributed by atoms with van der Waals surface area (Å²) in [5, 5.41) is 0. The van der Waals surface area contributed by atoms with Crippen molar-refractivity contribution >= 4 is 33.9 Å². The number of hydrogen-bond acceptors (Lipinski definition) is 3. The third kappa shape index (κ3) is 5.65. The van der Waals surface area contributed by atoms with Gasteiger partial charge in [0.05, 0.1) is 11.4 Å². The van der Waals surface area contributed by atoms with Gasteiger partial charge in [-0.3, -0.25) is 0 Å². The van der Waals surface area contributed by atoms with E-state index in [0.717, 1.165) is 43.1 Å². The molecule has 0 bridgehead atoms. The first-order valence-electron chi connectivity index (χ1n) is 14.5. The Bertz CT molecular complexity index is 1440. The van der Waals surface area contributed by atoms with Crippen LogP contribution in [-0.4, -0.2) is 31.9 Å². The van der Waals surface area contributed by atoms with Crippen LogP contribution in [0.15, 0.2) is 120 Å². The zero-order chi connectivity index (χ0) is 27.9. The molecule has 0 aliphatic heterocycles. The van der Waals surface area contributed by atoms with E-state index in [1.165, 1.54) is 39.2 Å². The lowest BCUT2D eigenvalue weighted by Gasteiger charge is -2.24. The summed E-state index contributed by atoms with van der Waals surface area (Å²) in [6.45, 7) is 12.8. The Labute approximate surface area is 239 Å². The van der Waals surface area contributed by atoms with E-state index in [1.54, 1.807) is 0 Å². The van der Waals surface area contributed by atoms with E-state index in [4.69, 9.17) is 4.99 Å². The lowest BCUT2D eigenvalue weighted by molar-refractivity contribution is 0.866. The highest BCUT2D eigenvalue weighted by atomic mass is 15.1. The molecule has 0 saturated carbocycles. The van der Waals surface area contributed by atoms with Gasteiger partial charge in [0.25, 0.3) is 0 Å². The van der Waals surface area contributed by atoms with Crippen LogP contribution in [0, 0.1) is 0 Å². The Hall–Kier alpha value is -4.37. The molecule has 0 fully saturated rings. The van der Waals surface area contributed by atoms with Gasteiger partial charge in [-0.25, -0.2) is 4.99 Å². The minimum atomic E-state index is 0.962. The van der Waals surface area contributed by atoms with Gasteiger partial charge in [0, 0.05) is 43.1 Å². The third-order valence-electron chi connectivity index (χ3n) is 7.75. The fraction of sp³-hybridized carbons (Fsp3) is 0.216. The summed E-state index contributed by atoms with van der Waals surface area (Å²) < 4.78 is 0. The molecule has 0 radical (unpaired) electrons. The highest BCUT2D eigenvalue weighted by Gasteiger charge is 2.20. The second-order valence-electron chi connectivity index (χ2n) is 9.94. The van der Waals surface area contributed by atoms with Gasteiger partial charge in [-0.1, -0.05) is 72.8 Å². The Morgan fingerprint density at radius 2 is 1.00 bits per heavy atom. The maximum Gasteiger partial charge on any atom is 0.0715 e. The van der Waals surface area contributed by atoms with Crippen molar-refractivity contribution in [3.63, 3.8) is 0 Å². The second kappa shape index (κ2) is 12.7.